The Morgan fingerprint density at radius 3 is 2.62 bits per heavy atom. The summed E-state index contributed by atoms with van der Waals surface area (Å²) in [6, 6.07) is 3.52. The van der Waals surface area contributed by atoms with E-state index in [9.17, 15) is 5.11 Å². The fourth-order valence-corrected chi connectivity index (χ4v) is 2.48. The van der Waals surface area contributed by atoms with Gasteiger partial charge < -0.3 is 10.4 Å². The molecule has 0 saturated carbocycles. The van der Waals surface area contributed by atoms with Gasteiger partial charge in [0.25, 0.3) is 0 Å². The molecule has 0 radical (unpaired) electrons. The number of phenols is 1. The van der Waals surface area contributed by atoms with Crippen LogP contribution in [0.1, 0.15) is 30.9 Å². The van der Waals surface area contributed by atoms with Crippen LogP contribution in [0.2, 0.25) is 10.0 Å². The van der Waals surface area contributed by atoms with Gasteiger partial charge in [0, 0.05) is 16.6 Å². The first-order chi connectivity index (χ1) is 7.18. The van der Waals surface area contributed by atoms with Gasteiger partial charge in [0.15, 0.2) is 0 Å². The quantitative estimate of drug-likeness (QED) is 0.818. The van der Waals surface area contributed by atoms with Gasteiger partial charge in [-0.05, 0) is 31.5 Å². The maximum absolute atomic E-state index is 9.84. The molecule has 1 aliphatic rings. The van der Waals surface area contributed by atoms with Crippen molar-refractivity contribution in [2.45, 2.75) is 25.3 Å². The van der Waals surface area contributed by atoms with E-state index in [1.165, 1.54) is 12.8 Å². The molecule has 0 spiro atoms. The maximum atomic E-state index is 9.84. The molecule has 1 atom stereocenters. The second-order valence-corrected chi connectivity index (χ2v) is 4.67. The Hall–Kier alpha value is -0.150. The minimum Gasteiger partial charge on any atom is -0.506 e. The molecular weight excluding hydrogens is 268 g/mol. The SMILES string of the molecule is Cl.Oc1c(Cl)cc(Cl)cc1[C@H]1CCCCN1. The van der Waals surface area contributed by atoms with Crippen molar-refractivity contribution >= 4 is 35.6 Å². The monoisotopic (exact) mass is 281 g/mol. The van der Waals surface area contributed by atoms with E-state index in [4.69, 9.17) is 23.2 Å². The highest BCUT2D eigenvalue weighted by molar-refractivity contribution is 6.35. The first-order valence-corrected chi connectivity index (χ1v) is 5.85. The lowest BCUT2D eigenvalue weighted by atomic mass is 9.97. The molecule has 2 N–H and O–H groups in total. The second kappa shape index (κ2) is 5.97. The van der Waals surface area contributed by atoms with Crippen molar-refractivity contribution in [3.63, 3.8) is 0 Å². The molecule has 5 heteroatoms. The van der Waals surface area contributed by atoms with Crippen LogP contribution in [0.15, 0.2) is 12.1 Å². The van der Waals surface area contributed by atoms with Crippen molar-refractivity contribution < 1.29 is 5.11 Å². The van der Waals surface area contributed by atoms with E-state index in [1.54, 1.807) is 12.1 Å². The zero-order chi connectivity index (χ0) is 10.8. The van der Waals surface area contributed by atoms with E-state index < -0.39 is 0 Å². The number of aromatic hydroxyl groups is 1. The number of nitrogens with one attached hydrogen (secondary N) is 1. The lowest BCUT2D eigenvalue weighted by Gasteiger charge is -2.24. The second-order valence-electron chi connectivity index (χ2n) is 3.83. The molecular formula is C11H14Cl3NO. The third-order valence-corrected chi connectivity index (χ3v) is 3.25. The van der Waals surface area contributed by atoms with E-state index in [0.717, 1.165) is 18.5 Å². The Morgan fingerprint density at radius 2 is 2.00 bits per heavy atom. The summed E-state index contributed by atoms with van der Waals surface area (Å²) in [6.45, 7) is 0.980. The smallest absolute Gasteiger partial charge is 0.139 e. The molecule has 1 fully saturated rings. The highest BCUT2D eigenvalue weighted by Crippen LogP contribution is 2.37. The number of hydrogen-bond acceptors (Lipinski definition) is 2. The summed E-state index contributed by atoms with van der Waals surface area (Å²) in [7, 11) is 0. The Morgan fingerprint density at radius 1 is 1.25 bits per heavy atom. The summed E-state index contributed by atoms with van der Waals surface area (Å²) in [5.74, 6) is 0.153. The van der Waals surface area contributed by atoms with Crippen molar-refractivity contribution in [2.75, 3.05) is 6.54 Å². The van der Waals surface area contributed by atoms with E-state index in [2.05, 4.69) is 5.32 Å². The van der Waals surface area contributed by atoms with E-state index in [-0.39, 0.29) is 24.2 Å². The lowest BCUT2D eigenvalue weighted by molar-refractivity contribution is 0.391. The van der Waals surface area contributed by atoms with Crippen molar-refractivity contribution in [1.82, 2.24) is 5.32 Å². The lowest BCUT2D eigenvalue weighted by Crippen LogP contribution is -2.26. The average molecular weight is 283 g/mol. The summed E-state index contributed by atoms with van der Waals surface area (Å²) in [5.41, 5.74) is 0.812. The molecule has 1 saturated heterocycles. The van der Waals surface area contributed by atoms with Crippen LogP contribution in [-0.2, 0) is 0 Å². The predicted molar refractivity (Wildman–Crippen MR) is 70.0 cm³/mol. The molecule has 0 bridgehead atoms. The number of hydrogen-bond donors (Lipinski definition) is 2. The average Bonchev–Trinajstić information content (AvgIpc) is 2.24. The first kappa shape index (κ1) is 13.9. The Kier molecular flexibility index (Phi) is 5.19. The van der Waals surface area contributed by atoms with Gasteiger partial charge in [0.1, 0.15) is 5.75 Å². The normalized spacial score (nSPS) is 20.2. The van der Waals surface area contributed by atoms with Crippen LogP contribution >= 0.6 is 35.6 Å². The van der Waals surface area contributed by atoms with Crippen molar-refractivity contribution in [3.05, 3.63) is 27.7 Å². The third-order valence-electron chi connectivity index (χ3n) is 2.74. The van der Waals surface area contributed by atoms with Crippen LogP contribution in [-0.4, -0.2) is 11.7 Å². The molecule has 1 aromatic rings. The largest absolute Gasteiger partial charge is 0.506 e. The fraction of sp³-hybridized carbons (Fsp3) is 0.455. The zero-order valence-corrected chi connectivity index (χ0v) is 11.0. The number of piperidine rings is 1. The van der Waals surface area contributed by atoms with Gasteiger partial charge in [-0.3, -0.25) is 0 Å². The van der Waals surface area contributed by atoms with Gasteiger partial charge in [-0.25, -0.2) is 0 Å². The van der Waals surface area contributed by atoms with Crippen LogP contribution in [0, 0.1) is 0 Å². The van der Waals surface area contributed by atoms with Crippen LogP contribution < -0.4 is 5.32 Å². The van der Waals surface area contributed by atoms with E-state index in [1.807, 2.05) is 0 Å². The maximum Gasteiger partial charge on any atom is 0.139 e. The summed E-state index contributed by atoms with van der Waals surface area (Å²) in [6.07, 6.45) is 3.37. The number of halogens is 3. The van der Waals surface area contributed by atoms with Gasteiger partial charge >= 0.3 is 0 Å². The van der Waals surface area contributed by atoms with Gasteiger partial charge in [-0.2, -0.15) is 0 Å². The minimum atomic E-state index is 0. The van der Waals surface area contributed by atoms with Crippen LogP contribution in [0.3, 0.4) is 0 Å². The van der Waals surface area contributed by atoms with Gasteiger partial charge in [0.2, 0.25) is 0 Å². The number of phenolic OH excluding ortho intramolecular Hbond substituents is 1. The van der Waals surface area contributed by atoms with Crippen LogP contribution in [0.5, 0.6) is 5.75 Å². The molecule has 1 aromatic carbocycles. The topological polar surface area (TPSA) is 32.3 Å². The summed E-state index contributed by atoms with van der Waals surface area (Å²) >= 11 is 11.8. The molecule has 0 unspecified atom stereocenters. The Bertz CT molecular complexity index is 364. The molecule has 90 valence electrons. The summed E-state index contributed by atoms with van der Waals surface area (Å²) in [4.78, 5) is 0. The fourth-order valence-electron chi connectivity index (χ4n) is 1.97. The predicted octanol–water partition coefficient (Wildman–Crippen LogP) is 3.94. The molecule has 1 aliphatic heterocycles. The Balaban J connectivity index is 0.00000128. The first-order valence-electron chi connectivity index (χ1n) is 5.10. The molecule has 0 aliphatic carbocycles. The van der Waals surface area contributed by atoms with Crippen molar-refractivity contribution in [3.8, 4) is 5.75 Å². The number of rotatable bonds is 1. The molecule has 2 rings (SSSR count). The van der Waals surface area contributed by atoms with Crippen molar-refractivity contribution in [1.29, 1.82) is 0 Å². The molecule has 16 heavy (non-hydrogen) atoms. The van der Waals surface area contributed by atoms with E-state index in [0.29, 0.717) is 10.0 Å². The summed E-state index contributed by atoms with van der Waals surface area (Å²) in [5, 5.41) is 14.1. The molecule has 1 heterocycles. The highest BCUT2D eigenvalue weighted by atomic mass is 35.5. The molecule has 2 nitrogen and oxygen atoms in total. The summed E-state index contributed by atoms with van der Waals surface area (Å²) < 4.78 is 0. The zero-order valence-electron chi connectivity index (χ0n) is 8.67. The van der Waals surface area contributed by atoms with Crippen molar-refractivity contribution in [2.24, 2.45) is 0 Å². The standard InChI is InChI=1S/C11H13Cl2NO.ClH/c12-7-5-8(11(15)9(13)6-7)10-3-1-2-4-14-10;/h5-6,10,14-15H,1-4H2;1H/t10-;/m1./s1. The Labute approximate surface area is 111 Å². The highest BCUT2D eigenvalue weighted by Gasteiger charge is 2.19. The molecule has 0 amide bonds. The van der Waals surface area contributed by atoms with Gasteiger partial charge in [0.05, 0.1) is 5.02 Å². The molecule has 0 aromatic heterocycles. The van der Waals surface area contributed by atoms with Crippen LogP contribution in [0.25, 0.3) is 0 Å². The third kappa shape index (κ3) is 2.95. The van der Waals surface area contributed by atoms with Gasteiger partial charge in [-0.15, -0.1) is 12.4 Å². The van der Waals surface area contributed by atoms with Crippen LogP contribution in [0.4, 0.5) is 0 Å². The van der Waals surface area contributed by atoms with Gasteiger partial charge in [-0.1, -0.05) is 29.6 Å². The van der Waals surface area contributed by atoms with E-state index >= 15 is 0 Å². The number of benzene rings is 1. The minimum absolute atomic E-state index is 0.